The summed E-state index contributed by atoms with van der Waals surface area (Å²) in [5, 5.41) is 13.1. The second-order valence-corrected chi connectivity index (χ2v) is 11.2. The summed E-state index contributed by atoms with van der Waals surface area (Å²) in [6.07, 6.45) is -1.16. The van der Waals surface area contributed by atoms with E-state index in [1.165, 1.54) is 18.2 Å². The maximum atomic E-state index is 12.6. The lowest BCUT2D eigenvalue weighted by Gasteiger charge is -2.33. The molecule has 0 amide bonds. The minimum absolute atomic E-state index is 0.156. The van der Waals surface area contributed by atoms with Crippen molar-refractivity contribution in [2.45, 2.75) is 130 Å². The van der Waals surface area contributed by atoms with E-state index in [1.807, 2.05) is 20.8 Å². The fourth-order valence-electron chi connectivity index (χ4n) is 3.81. The predicted molar refractivity (Wildman–Crippen MR) is 154 cm³/mol. The molecule has 238 valence electrons. The normalized spacial score (nSPS) is 14.9. The molecule has 0 saturated carbocycles. The zero-order chi connectivity index (χ0) is 32.1. The van der Waals surface area contributed by atoms with Crippen LogP contribution in [0.15, 0.2) is 18.2 Å². The topological polar surface area (TPSA) is 156 Å². The minimum Gasteiger partial charge on any atom is -0.477 e. The zero-order valence-corrected chi connectivity index (χ0v) is 26.2. The Morgan fingerprint density at radius 1 is 0.810 bits per heavy atom. The summed E-state index contributed by atoms with van der Waals surface area (Å²) in [5.41, 5.74) is -2.92. The van der Waals surface area contributed by atoms with Crippen molar-refractivity contribution in [3.8, 4) is 11.5 Å². The zero-order valence-electron chi connectivity index (χ0n) is 26.2. The van der Waals surface area contributed by atoms with Crippen molar-refractivity contribution >= 4 is 24.4 Å². The van der Waals surface area contributed by atoms with E-state index in [9.17, 15) is 24.3 Å². The van der Waals surface area contributed by atoms with Crippen LogP contribution >= 0.6 is 0 Å². The molecule has 0 spiro atoms. The molecule has 2 N–H and O–H groups in total. The number of hydrogen-bond donors (Lipinski definition) is 2. The number of carboxylic acids is 1. The highest BCUT2D eigenvalue weighted by molar-refractivity contribution is 5.80. The molecule has 0 aliphatic carbocycles. The largest absolute Gasteiger partial charge is 0.514 e. The summed E-state index contributed by atoms with van der Waals surface area (Å²) in [5.74, 6) is -1.85. The first-order valence-corrected chi connectivity index (χ1v) is 14.4. The third-order valence-corrected chi connectivity index (χ3v) is 5.92. The van der Waals surface area contributed by atoms with Gasteiger partial charge in [-0.25, -0.2) is 19.2 Å². The fraction of sp³-hybridized carbons (Fsp3) is 0.667. The van der Waals surface area contributed by atoms with E-state index < -0.39 is 54.4 Å². The van der Waals surface area contributed by atoms with Crippen LogP contribution in [0.25, 0.3) is 0 Å². The Balaban J connectivity index is 3.47. The number of nitrogens with one attached hydrogen (secondary N) is 1. The van der Waals surface area contributed by atoms with Crippen LogP contribution in [-0.2, 0) is 30.2 Å². The van der Waals surface area contributed by atoms with Gasteiger partial charge < -0.3 is 33.5 Å². The summed E-state index contributed by atoms with van der Waals surface area (Å²) in [7, 11) is 0. The molecule has 0 aromatic heterocycles. The molecule has 0 bridgehead atoms. The molecule has 0 aliphatic heterocycles. The third-order valence-electron chi connectivity index (χ3n) is 5.92. The van der Waals surface area contributed by atoms with Crippen LogP contribution in [0.5, 0.6) is 11.5 Å². The summed E-state index contributed by atoms with van der Waals surface area (Å²) >= 11 is 0. The first-order valence-electron chi connectivity index (χ1n) is 14.4. The molecule has 0 saturated heterocycles. The molecule has 1 rings (SSSR count). The lowest BCUT2D eigenvalue weighted by atomic mass is 10.00. The van der Waals surface area contributed by atoms with Gasteiger partial charge in [0.2, 0.25) is 0 Å². The Kier molecular flexibility index (Phi) is 14.6. The molecule has 1 aromatic carbocycles. The van der Waals surface area contributed by atoms with Gasteiger partial charge in [0.05, 0.1) is 0 Å². The van der Waals surface area contributed by atoms with Gasteiger partial charge in [-0.3, -0.25) is 5.32 Å². The summed E-state index contributed by atoms with van der Waals surface area (Å²) < 4.78 is 31.8. The van der Waals surface area contributed by atoms with Crippen molar-refractivity contribution in [3.63, 3.8) is 0 Å². The van der Waals surface area contributed by atoms with Gasteiger partial charge in [0.1, 0.15) is 17.8 Å². The number of carbonyl (C=O) groups is 4. The van der Waals surface area contributed by atoms with Crippen molar-refractivity contribution in [1.29, 1.82) is 0 Å². The van der Waals surface area contributed by atoms with Crippen LogP contribution in [0.2, 0.25) is 0 Å². The Morgan fingerprint density at radius 2 is 1.33 bits per heavy atom. The van der Waals surface area contributed by atoms with Gasteiger partial charge >= 0.3 is 24.4 Å². The molecular formula is C30H47NO11. The minimum atomic E-state index is -2.25. The Morgan fingerprint density at radius 3 is 1.79 bits per heavy atom. The molecular weight excluding hydrogens is 550 g/mol. The highest BCUT2D eigenvalue weighted by atomic mass is 16.8. The quantitative estimate of drug-likeness (QED) is 0.0949. The highest BCUT2D eigenvalue weighted by Crippen LogP contribution is 2.32. The van der Waals surface area contributed by atoms with Gasteiger partial charge in [0.15, 0.2) is 11.5 Å². The van der Waals surface area contributed by atoms with Crippen molar-refractivity contribution in [2.24, 2.45) is 0 Å². The predicted octanol–water partition coefficient (Wildman–Crippen LogP) is 6.76. The summed E-state index contributed by atoms with van der Waals surface area (Å²) in [4.78, 5) is 50.2. The lowest BCUT2D eigenvalue weighted by molar-refractivity contribution is -0.169. The molecule has 0 fully saturated rings. The number of rotatable bonds is 15. The van der Waals surface area contributed by atoms with Crippen LogP contribution in [0.4, 0.5) is 14.4 Å². The second-order valence-electron chi connectivity index (χ2n) is 11.2. The number of carboxylic acid groups (broad SMARTS) is 1. The summed E-state index contributed by atoms with van der Waals surface area (Å²) in [6.45, 7) is 15.7. The number of ether oxygens (including phenoxy) is 6. The SMILES string of the molecule is CCCC(C)OC(=O)Oc1ccc(C[C@](NC(C)CC)(OC(=O)OC(C)(C)C)C(=O)O)cc1OC(=O)OC(C)CCC. The van der Waals surface area contributed by atoms with Crippen LogP contribution in [0.3, 0.4) is 0 Å². The lowest BCUT2D eigenvalue weighted by Crippen LogP contribution is -2.60. The standard InChI is InChI=1S/C30H47NO11/c1-10-13-20(5)37-26(34)39-23-16-15-22(17-24(23)40-27(35)38-21(6)14-11-2)18-30(25(32)33,31-19(4)12-3)42-28(36)41-29(7,8)9/h15-17,19-21,31H,10-14,18H2,1-9H3,(H,32,33)/t19?,20?,21?,30-/m0/s1. The fourth-order valence-corrected chi connectivity index (χ4v) is 3.81. The maximum Gasteiger partial charge on any atom is 0.514 e. The smallest absolute Gasteiger partial charge is 0.477 e. The molecule has 4 atom stereocenters. The molecule has 12 nitrogen and oxygen atoms in total. The third kappa shape index (κ3) is 13.0. The average molecular weight is 598 g/mol. The number of carbonyl (C=O) groups excluding carboxylic acids is 3. The van der Waals surface area contributed by atoms with Crippen LogP contribution in [-0.4, -0.2) is 59.1 Å². The van der Waals surface area contributed by atoms with Crippen molar-refractivity contribution in [2.75, 3.05) is 0 Å². The molecule has 1 aromatic rings. The maximum absolute atomic E-state index is 12.6. The van der Waals surface area contributed by atoms with Crippen LogP contribution < -0.4 is 14.8 Å². The van der Waals surface area contributed by atoms with Gasteiger partial charge in [0.25, 0.3) is 5.72 Å². The van der Waals surface area contributed by atoms with Crippen molar-refractivity contribution in [1.82, 2.24) is 5.32 Å². The molecule has 42 heavy (non-hydrogen) atoms. The Bertz CT molecular complexity index is 1050. The van der Waals surface area contributed by atoms with Crippen molar-refractivity contribution in [3.05, 3.63) is 23.8 Å². The monoisotopic (exact) mass is 597 g/mol. The molecule has 12 heteroatoms. The number of hydrogen-bond acceptors (Lipinski definition) is 11. The molecule has 0 radical (unpaired) electrons. The first kappa shape index (κ1) is 36.5. The van der Waals surface area contributed by atoms with Crippen LogP contribution in [0, 0.1) is 0 Å². The molecule has 0 heterocycles. The number of benzene rings is 1. The van der Waals surface area contributed by atoms with Crippen molar-refractivity contribution < 1.29 is 52.7 Å². The van der Waals surface area contributed by atoms with E-state index in [2.05, 4.69) is 5.32 Å². The summed E-state index contributed by atoms with van der Waals surface area (Å²) in [6, 6.07) is 3.70. The highest BCUT2D eigenvalue weighted by Gasteiger charge is 2.45. The Hall–Kier alpha value is -3.54. The van der Waals surface area contributed by atoms with Gasteiger partial charge in [0, 0.05) is 12.5 Å². The van der Waals surface area contributed by atoms with E-state index >= 15 is 0 Å². The molecule has 0 aliphatic rings. The number of aliphatic carboxylic acids is 1. The van der Waals surface area contributed by atoms with E-state index in [0.717, 1.165) is 12.8 Å². The van der Waals surface area contributed by atoms with Gasteiger partial charge in [-0.05, 0) is 78.5 Å². The Labute approximate surface area is 248 Å². The van der Waals surface area contributed by atoms with E-state index in [4.69, 9.17) is 28.4 Å². The van der Waals surface area contributed by atoms with Gasteiger partial charge in [-0.2, -0.15) is 0 Å². The van der Waals surface area contributed by atoms with Gasteiger partial charge in [-0.1, -0.05) is 39.7 Å². The van der Waals surface area contributed by atoms with E-state index in [-0.39, 0.29) is 23.1 Å². The molecule has 3 unspecified atom stereocenters. The van der Waals surface area contributed by atoms with E-state index in [1.54, 1.807) is 41.5 Å². The van der Waals surface area contributed by atoms with Crippen LogP contribution in [0.1, 0.15) is 100.0 Å². The second kappa shape index (κ2) is 16.8. The first-order chi connectivity index (χ1) is 19.5. The van der Waals surface area contributed by atoms with Gasteiger partial charge in [-0.15, -0.1) is 0 Å². The van der Waals surface area contributed by atoms with E-state index in [0.29, 0.717) is 19.3 Å². The average Bonchev–Trinajstić information content (AvgIpc) is 2.84.